The number of rotatable bonds is 7. The SMILES string of the molecule is COc1ccccc1-c1nnc(SCC(O)c2ccc(OC(F)(F)F)cc2)n1C. The van der Waals surface area contributed by atoms with Crippen LogP contribution in [-0.2, 0) is 7.05 Å². The molecule has 6 nitrogen and oxygen atoms in total. The molecule has 0 aliphatic rings. The van der Waals surface area contributed by atoms with Gasteiger partial charge in [-0.3, -0.25) is 0 Å². The molecule has 1 unspecified atom stereocenters. The summed E-state index contributed by atoms with van der Waals surface area (Å²) in [6.07, 6.45) is -5.65. The van der Waals surface area contributed by atoms with Crippen LogP contribution in [0.15, 0.2) is 53.7 Å². The molecule has 3 rings (SSSR count). The maximum Gasteiger partial charge on any atom is 0.573 e. The molecule has 2 aromatic carbocycles. The molecule has 0 saturated heterocycles. The van der Waals surface area contributed by atoms with E-state index in [1.54, 1.807) is 18.7 Å². The van der Waals surface area contributed by atoms with E-state index in [0.29, 0.717) is 22.3 Å². The molecule has 0 aliphatic heterocycles. The minimum Gasteiger partial charge on any atom is -0.496 e. The molecule has 0 bridgehead atoms. The van der Waals surface area contributed by atoms with Crippen molar-refractivity contribution in [3.63, 3.8) is 0 Å². The number of methoxy groups -OCH3 is 1. The van der Waals surface area contributed by atoms with Crippen molar-refractivity contribution in [2.75, 3.05) is 12.9 Å². The van der Waals surface area contributed by atoms with Crippen molar-refractivity contribution >= 4 is 11.8 Å². The van der Waals surface area contributed by atoms with E-state index >= 15 is 0 Å². The number of hydrogen-bond acceptors (Lipinski definition) is 6. The van der Waals surface area contributed by atoms with Crippen LogP contribution in [0.3, 0.4) is 0 Å². The van der Waals surface area contributed by atoms with E-state index < -0.39 is 12.5 Å². The molecular formula is C19H18F3N3O3S. The van der Waals surface area contributed by atoms with Crippen molar-refractivity contribution in [1.29, 1.82) is 0 Å². The molecule has 154 valence electrons. The second kappa shape index (κ2) is 8.75. The Labute approximate surface area is 169 Å². The average molecular weight is 425 g/mol. The van der Waals surface area contributed by atoms with E-state index in [1.165, 1.54) is 36.0 Å². The van der Waals surface area contributed by atoms with E-state index in [2.05, 4.69) is 14.9 Å². The van der Waals surface area contributed by atoms with Gasteiger partial charge in [-0.2, -0.15) is 0 Å². The molecule has 3 aromatic rings. The van der Waals surface area contributed by atoms with Gasteiger partial charge in [-0.15, -0.1) is 23.4 Å². The predicted octanol–water partition coefficient (Wildman–Crippen LogP) is 4.22. The van der Waals surface area contributed by atoms with Crippen molar-refractivity contribution in [1.82, 2.24) is 14.8 Å². The van der Waals surface area contributed by atoms with Crippen molar-refractivity contribution in [3.8, 4) is 22.9 Å². The number of alkyl halides is 3. The molecule has 0 saturated carbocycles. The minimum atomic E-state index is -4.75. The first-order valence-electron chi connectivity index (χ1n) is 8.48. The summed E-state index contributed by atoms with van der Waals surface area (Å²) in [6, 6.07) is 12.5. The summed E-state index contributed by atoms with van der Waals surface area (Å²) in [4.78, 5) is 0. The predicted molar refractivity (Wildman–Crippen MR) is 102 cm³/mol. The Morgan fingerprint density at radius 3 is 2.45 bits per heavy atom. The van der Waals surface area contributed by atoms with Crippen molar-refractivity contribution in [3.05, 3.63) is 54.1 Å². The van der Waals surface area contributed by atoms with Gasteiger partial charge in [0.1, 0.15) is 11.5 Å². The van der Waals surface area contributed by atoms with Crippen LogP contribution in [0.1, 0.15) is 11.7 Å². The van der Waals surface area contributed by atoms with Gasteiger partial charge in [0, 0.05) is 12.8 Å². The van der Waals surface area contributed by atoms with Crippen LogP contribution in [0.2, 0.25) is 0 Å². The highest BCUT2D eigenvalue weighted by molar-refractivity contribution is 7.99. The van der Waals surface area contributed by atoms with Gasteiger partial charge in [0.15, 0.2) is 11.0 Å². The van der Waals surface area contributed by atoms with Crippen LogP contribution < -0.4 is 9.47 Å². The molecule has 10 heteroatoms. The second-order valence-corrected chi connectivity index (χ2v) is 7.00. The van der Waals surface area contributed by atoms with Gasteiger partial charge < -0.3 is 19.1 Å². The summed E-state index contributed by atoms with van der Waals surface area (Å²) in [5.41, 5.74) is 1.26. The number of nitrogens with zero attached hydrogens (tertiary/aromatic N) is 3. The second-order valence-electron chi connectivity index (χ2n) is 6.01. The number of halogens is 3. The number of aliphatic hydroxyl groups is 1. The fraction of sp³-hybridized carbons (Fsp3) is 0.263. The van der Waals surface area contributed by atoms with Crippen molar-refractivity contribution in [2.45, 2.75) is 17.6 Å². The summed E-state index contributed by atoms with van der Waals surface area (Å²) in [5.74, 6) is 1.20. The number of para-hydroxylation sites is 1. The molecule has 0 amide bonds. The third kappa shape index (κ3) is 5.21. The van der Waals surface area contributed by atoms with Crippen LogP contribution in [0, 0.1) is 0 Å². The lowest BCUT2D eigenvalue weighted by atomic mass is 10.1. The van der Waals surface area contributed by atoms with Crippen LogP contribution >= 0.6 is 11.8 Å². The van der Waals surface area contributed by atoms with E-state index in [0.717, 1.165) is 5.56 Å². The Morgan fingerprint density at radius 1 is 1.10 bits per heavy atom. The van der Waals surface area contributed by atoms with Gasteiger partial charge in [-0.05, 0) is 29.8 Å². The number of hydrogen-bond donors (Lipinski definition) is 1. The molecule has 1 atom stereocenters. The van der Waals surface area contributed by atoms with Gasteiger partial charge in [0.05, 0.1) is 18.8 Å². The van der Waals surface area contributed by atoms with E-state index in [-0.39, 0.29) is 11.5 Å². The largest absolute Gasteiger partial charge is 0.573 e. The maximum atomic E-state index is 12.2. The topological polar surface area (TPSA) is 69.4 Å². The number of ether oxygens (including phenoxy) is 2. The van der Waals surface area contributed by atoms with E-state index in [4.69, 9.17) is 4.74 Å². The highest BCUT2D eigenvalue weighted by Gasteiger charge is 2.31. The molecule has 1 aromatic heterocycles. The zero-order valence-corrected chi connectivity index (χ0v) is 16.4. The lowest BCUT2D eigenvalue weighted by Crippen LogP contribution is -2.17. The Bertz CT molecular complexity index is 961. The fourth-order valence-corrected chi connectivity index (χ4v) is 3.52. The third-order valence-electron chi connectivity index (χ3n) is 4.05. The van der Waals surface area contributed by atoms with Crippen LogP contribution in [-0.4, -0.2) is 39.1 Å². The Kier molecular flexibility index (Phi) is 6.33. The number of thioether (sulfide) groups is 1. The van der Waals surface area contributed by atoms with Gasteiger partial charge in [0.25, 0.3) is 0 Å². The summed E-state index contributed by atoms with van der Waals surface area (Å²) in [5, 5.41) is 19.3. The van der Waals surface area contributed by atoms with Gasteiger partial charge in [-0.25, -0.2) is 0 Å². The highest BCUT2D eigenvalue weighted by Crippen LogP contribution is 2.31. The fourth-order valence-electron chi connectivity index (χ4n) is 2.65. The molecule has 0 fully saturated rings. The Hall–Kier alpha value is -2.72. The first kappa shape index (κ1) is 21.0. The molecule has 0 spiro atoms. The normalized spacial score (nSPS) is 12.6. The number of aromatic nitrogens is 3. The quantitative estimate of drug-likeness (QED) is 0.572. The van der Waals surface area contributed by atoms with Crippen LogP contribution in [0.5, 0.6) is 11.5 Å². The zero-order valence-electron chi connectivity index (χ0n) is 15.6. The van der Waals surface area contributed by atoms with Crippen molar-refractivity contribution < 1.29 is 27.8 Å². The first-order chi connectivity index (χ1) is 13.8. The number of benzene rings is 2. The summed E-state index contributed by atoms with van der Waals surface area (Å²) >= 11 is 1.28. The van der Waals surface area contributed by atoms with E-state index in [9.17, 15) is 18.3 Å². The maximum absolute atomic E-state index is 12.2. The monoisotopic (exact) mass is 425 g/mol. The van der Waals surface area contributed by atoms with Gasteiger partial charge >= 0.3 is 6.36 Å². The zero-order chi connectivity index (χ0) is 21.0. The lowest BCUT2D eigenvalue weighted by molar-refractivity contribution is -0.274. The lowest BCUT2D eigenvalue weighted by Gasteiger charge is -2.13. The molecular weight excluding hydrogens is 407 g/mol. The molecule has 29 heavy (non-hydrogen) atoms. The molecule has 0 radical (unpaired) electrons. The van der Waals surface area contributed by atoms with Gasteiger partial charge in [-0.1, -0.05) is 36.0 Å². The van der Waals surface area contributed by atoms with Gasteiger partial charge in [0.2, 0.25) is 0 Å². The summed E-state index contributed by atoms with van der Waals surface area (Å²) < 4.78 is 47.6. The average Bonchev–Trinajstić information content (AvgIpc) is 3.05. The standard InChI is InChI=1S/C19H18F3N3O3S/c1-25-17(14-5-3-4-6-16(14)27-2)23-24-18(25)29-11-15(26)12-7-9-13(10-8-12)28-19(20,21)22/h3-10,15,26H,11H2,1-2H3. The van der Waals surface area contributed by atoms with Crippen molar-refractivity contribution in [2.24, 2.45) is 7.05 Å². The van der Waals surface area contributed by atoms with Crippen LogP contribution in [0.25, 0.3) is 11.4 Å². The van der Waals surface area contributed by atoms with E-state index in [1.807, 2.05) is 24.3 Å². The first-order valence-corrected chi connectivity index (χ1v) is 9.46. The molecule has 1 heterocycles. The Morgan fingerprint density at radius 2 is 1.79 bits per heavy atom. The Balaban J connectivity index is 1.67. The smallest absolute Gasteiger partial charge is 0.496 e. The number of aliphatic hydroxyl groups excluding tert-OH is 1. The summed E-state index contributed by atoms with van der Waals surface area (Å²) in [7, 11) is 3.38. The third-order valence-corrected chi connectivity index (χ3v) is 5.15. The summed E-state index contributed by atoms with van der Waals surface area (Å²) in [6.45, 7) is 0. The molecule has 1 N–H and O–H groups in total. The molecule has 0 aliphatic carbocycles. The van der Waals surface area contributed by atoms with Crippen LogP contribution in [0.4, 0.5) is 13.2 Å². The highest BCUT2D eigenvalue weighted by atomic mass is 32.2. The minimum absolute atomic E-state index is 0.247.